The average Bonchev–Trinajstić information content (AvgIpc) is 3.08. The molecular weight excluding hydrogens is 202 g/mol. The molecule has 0 amide bonds. The van der Waals surface area contributed by atoms with Crippen LogP contribution in [0.4, 0.5) is 0 Å². The van der Waals surface area contributed by atoms with Crippen LogP contribution >= 0.6 is 0 Å². The molecule has 1 fully saturated rings. The Morgan fingerprint density at radius 2 is 2.25 bits per heavy atom. The Kier molecular flexibility index (Phi) is 3.22. The number of rotatable bonds is 4. The summed E-state index contributed by atoms with van der Waals surface area (Å²) in [5.41, 5.74) is 1.30. The predicted molar refractivity (Wildman–Crippen MR) is 60.9 cm³/mol. The number of aromatic nitrogens is 1. The first kappa shape index (κ1) is 11.1. The number of ether oxygens (including phenoxy) is 1. The van der Waals surface area contributed by atoms with Gasteiger partial charge in [-0.3, -0.25) is 9.78 Å². The third-order valence-corrected chi connectivity index (χ3v) is 3.36. The molecule has 1 aromatic rings. The van der Waals surface area contributed by atoms with Crippen LogP contribution in [-0.2, 0) is 9.53 Å². The Morgan fingerprint density at radius 3 is 2.88 bits per heavy atom. The smallest absolute Gasteiger partial charge is 0.308 e. The molecule has 86 valence electrons. The Bertz CT molecular complexity index is 363. The van der Waals surface area contributed by atoms with Crippen LogP contribution in [0.2, 0.25) is 0 Å². The fourth-order valence-corrected chi connectivity index (χ4v) is 2.23. The third-order valence-electron chi connectivity index (χ3n) is 3.36. The van der Waals surface area contributed by atoms with Crippen molar-refractivity contribution in [1.82, 2.24) is 4.98 Å². The lowest BCUT2D eigenvalue weighted by Gasteiger charge is -2.10. The van der Waals surface area contributed by atoms with Crippen LogP contribution in [-0.4, -0.2) is 18.1 Å². The van der Waals surface area contributed by atoms with E-state index < -0.39 is 0 Å². The number of hydrogen-bond acceptors (Lipinski definition) is 3. The Labute approximate surface area is 95.8 Å². The van der Waals surface area contributed by atoms with E-state index in [4.69, 9.17) is 4.74 Å². The van der Waals surface area contributed by atoms with E-state index in [1.54, 1.807) is 0 Å². The molecule has 0 aliphatic heterocycles. The molecule has 3 heteroatoms. The van der Waals surface area contributed by atoms with Crippen molar-refractivity contribution >= 4 is 5.97 Å². The molecule has 1 aliphatic rings. The molecule has 0 radical (unpaired) electrons. The quantitative estimate of drug-likeness (QED) is 0.730. The normalized spacial score (nSPS) is 24.9. The standard InChI is InChI=1S/C13H17NO2/c1-9(10-3-5-14-6-4-10)7-11-8-12(11)13(15)16-2/h3-6,9,11-12H,7-8H2,1-2H3. The Balaban J connectivity index is 1.86. The van der Waals surface area contributed by atoms with Crippen LogP contribution in [0.3, 0.4) is 0 Å². The molecule has 3 nitrogen and oxygen atoms in total. The van der Waals surface area contributed by atoms with E-state index in [-0.39, 0.29) is 11.9 Å². The number of nitrogens with zero attached hydrogens (tertiary/aromatic N) is 1. The molecule has 2 rings (SSSR count). The zero-order valence-corrected chi connectivity index (χ0v) is 9.72. The maximum Gasteiger partial charge on any atom is 0.308 e. The van der Waals surface area contributed by atoms with Gasteiger partial charge in [0.15, 0.2) is 0 Å². The van der Waals surface area contributed by atoms with E-state index in [0.717, 1.165) is 12.8 Å². The van der Waals surface area contributed by atoms with Crippen molar-refractivity contribution in [2.24, 2.45) is 11.8 Å². The second-order valence-corrected chi connectivity index (χ2v) is 4.54. The summed E-state index contributed by atoms with van der Waals surface area (Å²) in [6.07, 6.45) is 5.68. The SMILES string of the molecule is COC(=O)C1CC1CC(C)c1ccncc1. The molecular formula is C13H17NO2. The van der Waals surface area contributed by atoms with Crippen molar-refractivity contribution in [2.45, 2.75) is 25.7 Å². The van der Waals surface area contributed by atoms with Crippen LogP contribution in [0.15, 0.2) is 24.5 Å². The molecule has 0 spiro atoms. The summed E-state index contributed by atoms with van der Waals surface area (Å²) in [7, 11) is 1.46. The van der Waals surface area contributed by atoms with Crippen molar-refractivity contribution in [1.29, 1.82) is 0 Å². The lowest BCUT2D eigenvalue weighted by Crippen LogP contribution is -2.05. The highest BCUT2D eigenvalue weighted by atomic mass is 16.5. The van der Waals surface area contributed by atoms with E-state index in [0.29, 0.717) is 11.8 Å². The minimum absolute atomic E-state index is 0.0491. The summed E-state index contributed by atoms with van der Waals surface area (Å²) < 4.78 is 4.74. The maximum absolute atomic E-state index is 11.3. The van der Waals surface area contributed by atoms with Gasteiger partial charge in [0.05, 0.1) is 13.0 Å². The lowest BCUT2D eigenvalue weighted by atomic mass is 9.96. The van der Waals surface area contributed by atoms with Gasteiger partial charge in [0.1, 0.15) is 0 Å². The van der Waals surface area contributed by atoms with Gasteiger partial charge in [-0.25, -0.2) is 0 Å². The first-order chi connectivity index (χ1) is 7.72. The number of carbonyl (C=O) groups is 1. The molecule has 1 aromatic heterocycles. The monoisotopic (exact) mass is 219 g/mol. The number of methoxy groups -OCH3 is 1. The molecule has 1 heterocycles. The van der Waals surface area contributed by atoms with E-state index in [9.17, 15) is 4.79 Å². The van der Waals surface area contributed by atoms with E-state index in [2.05, 4.69) is 11.9 Å². The van der Waals surface area contributed by atoms with E-state index in [1.807, 2.05) is 24.5 Å². The first-order valence-corrected chi connectivity index (χ1v) is 5.70. The summed E-state index contributed by atoms with van der Waals surface area (Å²) in [6, 6.07) is 4.08. The number of carbonyl (C=O) groups excluding carboxylic acids is 1. The van der Waals surface area contributed by atoms with E-state index >= 15 is 0 Å². The van der Waals surface area contributed by atoms with Gasteiger partial charge in [0, 0.05) is 12.4 Å². The summed E-state index contributed by atoms with van der Waals surface area (Å²) in [5.74, 6) is 1.10. The van der Waals surface area contributed by atoms with Crippen molar-refractivity contribution in [2.75, 3.05) is 7.11 Å². The fraction of sp³-hybridized carbons (Fsp3) is 0.538. The zero-order chi connectivity index (χ0) is 11.5. The molecule has 0 aromatic carbocycles. The van der Waals surface area contributed by atoms with Crippen molar-refractivity contribution in [3.63, 3.8) is 0 Å². The van der Waals surface area contributed by atoms with Gasteiger partial charge >= 0.3 is 5.97 Å². The van der Waals surface area contributed by atoms with Crippen molar-refractivity contribution < 1.29 is 9.53 Å². The second kappa shape index (κ2) is 4.64. The first-order valence-electron chi connectivity index (χ1n) is 5.70. The Hall–Kier alpha value is -1.38. The van der Waals surface area contributed by atoms with Crippen LogP contribution in [0.1, 0.15) is 31.2 Å². The molecule has 1 saturated carbocycles. The number of hydrogen-bond donors (Lipinski definition) is 0. The van der Waals surface area contributed by atoms with Crippen LogP contribution < -0.4 is 0 Å². The zero-order valence-electron chi connectivity index (χ0n) is 9.72. The third kappa shape index (κ3) is 2.40. The van der Waals surface area contributed by atoms with Crippen molar-refractivity contribution in [3.8, 4) is 0 Å². The topological polar surface area (TPSA) is 39.2 Å². The number of esters is 1. The van der Waals surface area contributed by atoms with Gasteiger partial charge in [-0.1, -0.05) is 6.92 Å². The van der Waals surface area contributed by atoms with Gasteiger partial charge in [-0.2, -0.15) is 0 Å². The van der Waals surface area contributed by atoms with E-state index in [1.165, 1.54) is 12.7 Å². The highest BCUT2D eigenvalue weighted by molar-refractivity contribution is 5.75. The molecule has 16 heavy (non-hydrogen) atoms. The molecule has 3 unspecified atom stereocenters. The minimum Gasteiger partial charge on any atom is -0.469 e. The average molecular weight is 219 g/mol. The van der Waals surface area contributed by atoms with Gasteiger partial charge in [-0.05, 0) is 42.4 Å². The largest absolute Gasteiger partial charge is 0.469 e. The van der Waals surface area contributed by atoms with Crippen LogP contribution in [0, 0.1) is 11.8 Å². The summed E-state index contributed by atoms with van der Waals surface area (Å²) in [4.78, 5) is 15.3. The highest BCUT2D eigenvalue weighted by Gasteiger charge is 2.44. The summed E-state index contributed by atoms with van der Waals surface area (Å²) >= 11 is 0. The van der Waals surface area contributed by atoms with Crippen molar-refractivity contribution in [3.05, 3.63) is 30.1 Å². The predicted octanol–water partition coefficient (Wildman–Crippen LogP) is 2.38. The molecule has 0 N–H and O–H groups in total. The lowest BCUT2D eigenvalue weighted by molar-refractivity contribution is -0.142. The van der Waals surface area contributed by atoms with Crippen LogP contribution in [0.5, 0.6) is 0 Å². The molecule has 0 bridgehead atoms. The second-order valence-electron chi connectivity index (χ2n) is 4.54. The Morgan fingerprint density at radius 1 is 1.56 bits per heavy atom. The maximum atomic E-state index is 11.3. The molecule has 0 saturated heterocycles. The van der Waals surface area contributed by atoms with Gasteiger partial charge in [-0.15, -0.1) is 0 Å². The van der Waals surface area contributed by atoms with Gasteiger partial charge < -0.3 is 4.74 Å². The minimum atomic E-state index is -0.0491. The van der Waals surface area contributed by atoms with Gasteiger partial charge in [0.25, 0.3) is 0 Å². The highest BCUT2D eigenvalue weighted by Crippen LogP contribution is 2.45. The summed E-state index contributed by atoms with van der Waals surface area (Å²) in [6.45, 7) is 2.20. The van der Waals surface area contributed by atoms with Crippen LogP contribution in [0.25, 0.3) is 0 Å². The van der Waals surface area contributed by atoms with Gasteiger partial charge in [0.2, 0.25) is 0 Å². The number of pyridine rings is 1. The molecule has 1 aliphatic carbocycles. The summed E-state index contributed by atoms with van der Waals surface area (Å²) in [5, 5.41) is 0. The molecule has 3 atom stereocenters. The fourth-order valence-electron chi connectivity index (χ4n) is 2.23.